The van der Waals surface area contributed by atoms with Crippen LogP contribution in [0.3, 0.4) is 0 Å². The van der Waals surface area contributed by atoms with Crippen LogP contribution in [0.25, 0.3) is 11.3 Å². The van der Waals surface area contributed by atoms with Gasteiger partial charge in [0.25, 0.3) is 5.76 Å². The Bertz CT molecular complexity index is 682. The fraction of sp³-hybridized carbons (Fsp3) is 0.0909. The molecule has 1 heterocycles. The number of hydrogen-bond acceptors (Lipinski definition) is 3. The molecule has 0 radical (unpaired) electrons. The zero-order valence-corrected chi connectivity index (χ0v) is 10.8. The van der Waals surface area contributed by atoms with Gasteiger partial charge in [-0.15, -0.1) is 0 Å². The quantitative estimate of drug-likeness (QED) is 0.890. The second-order valence-corrected chi connectivity index (χ2v) is 4.51. The highest BCUT2D eigenvalue weighted by Gasteiger charge is 2.43. The fourth-order valence-electron chi connectivity index (χ4n) is 1.55. The van der Waals surface area contributed by atoms with Gasteiger partial charge in [-0.1, -0.05) is 28.4 Å². The van der Waals surface area contributed by atoms with Crippen LogP contribution in [0.5, 0.6) is 0 Å². The van der Waals surface area contributed by atoms with Gasteiger partial charge in [0, 0.05) is 10.6 Å². The summed E-state index contributed by atoms with van der Waals surface area (Å²) in [5.41, 5.74) is -1.62. The van der Waals surface area contributed by atoms with Gasteiger partial charge >= 0.3 is 12.1 Å². The summed E-state index contributed by atoms with van der Waals surface area (Å²) >= 11 is 11.5. The van der Waals surface area contributed by atoms with Crippen LogP contribution < -0.4 is 0 Å². The van der Waals surface area contributed by atoms with E-state index in [9.17, 15) is 18.0 Å². The van der Waals surface area contributed by atoms with Crippen molar-refractivity contribution in [2.24, 2.45) is 0 Å². The average Bonchev–Trinajstić information content (AvgIpc) is 2.72. The summed E-state index contributed by atoms with van der Waals surface area (Å²) in [5, 5.41) is 12.3. The highest BCUT2D eigenvalue weighted by Crippen LogP contribution is 2.39. The van der Waals surface area contributed by atoms with E-state index < -0.39 is 29.2 Å². The molecule has 2 rings (SSSR count). The van der Waals surface area contributed by atoms with Crippen molar-refractivity contribution in [2.45, 2.75) is 6.18 Å². The number of carboxylic acid groups (broad SMARTS) is 1. The number of alkyl halides is 3. The molecule has 1 N–H and O–H groups in total. The highest BCUT2D eigenvalue weighted by molar-refractivity contribution is 6.36. The molecular formula is C11H4Cl2F3NO3. The van der Waals surface area contributed by atoms with Crippen LogP contribution in [0.15, 0.2) is 22.7 Å². The maximum atomic E-state index is 12.7. The van der Waals surface area contributed by atoms with E-state index in [1.54, 1.807) is 0 Å². The summed E-state index contributed by atoms with van der Waals surface area (Å²) < 4.78 is 42.1. The van der Waals surface area contributed by atoms with Crippen LogP contribution in [-0.4, -0.2) is 16.2 Å². The fourth-order valence-corrected chi connectivity index (χ4v) is 2.05. The summed E-state index contributed by atoms with van der Waals surface area (Å²) in [5.74, 6) is -3.51. The van der Waals surface area contributed by atoms with E-state index in [0.717, 1.165) is 0 Å². The Labute approximate surface area is 119 Å². The maximum absolute atomic E-state index is 12.7. The number of rotatable bonds is 2. The van der Waals surface area contributed by atoms with Gasteiger partial charge in [0.2, 0.25) is 0 Å². The van der Waals surface area contributed by atoms with Crippen molar-refractivity contribution in [2.75, 3.05) is 0 Å². The predicted octanol–water partition coefficient (Wildman–Crippen LogP) is 4.37. The van der Waals surface area contributed by atoms with Crippen molar-refractivity contribution in [3.05, 3.63) is 39.6 Å². The molecule has 0 saturated heterocycles. The molecule has 0 saturated carbocycles. The molecule has 20 heavy (non-hydrogen) atoms. The number of benzene rings is 1. The Balaban J connectivity index is 2.69. The number of carbonyl (C=O) groups is 1. The molecule has 0 aliphatic carbocycles. The Morgan fingerprint density at radius 1 is 1.30 bits per heavy atom. The van der Waals surface area contributed by atoms with Gasteiger partial charge in [-0.2, -0.15) is 13.2 Å². The zero-order valence-electron chi connectivity index (χ0n) is 9.33. The van der Waals surface area contributed by atoms with E-state index in [4.69, 9.17) is 28.3 Å². The number of aromatic carboxylic acids is 1. The van der Waals surface area contributed by atoms with Crippen molar-refractivity contribution >= 4 is 29.2 Å². The minimum atomic E-state index is -4.97. The molecule has 0 bridgehead atoms. The van der Waals surface area contributed by atoms with Gasteiger partial charge in [0.05, 0.1) is 5.02 Å². The van der Waals surface area contributed by atoms with Crippen LogP contribution >= 0.6 is 23.2 Å². The Kier molecular flexibility index (Phi) is 3.66. The van der Waals surface area contributed by atoms with Gasteiger partial charge in [-0.3, -0.25) is 0 Å². The van der Waals surface area contributed by atoms with E-state index in [1.165, 1.54) is 18.2 Å². The molecule has 0 aliphatic rings. The smallest absolute Gasteiger partial charge is 0.453 e. The van der Waals surface area contributed by atoms with Crippen LogP contribution in [0, 0.1) is 0 Å². The minimum Gasteiger partial charge on any atom is -0.477 e. The predicted molar refractivity (Wildman–Crippen MR) is 63.9 cm³/mol. The molecule has 0 amide bonds. The topological polar surface area (TPSA) is 63.3 Å². The Morgan fingerprint density at radius 2 is 1.95 bits per heavy atom. The third-order valence-corrected chi connectivity index (χ3v) is 2.90. The molecule has 0 fully saturated rings. The molecule has 0 unspecified atom stereocenters. The van der Waals surface area contributed by atoms with Crippen molar-refractivity contribution in [1.82, 2.24) is 5.16 Å². The third kappa shape index (κ3) is 2.59. The molecule has 2 aromatic rings. The van der Waals surface area contributed by atoms with Gasteiger partial charge in [0.1, 0.15) is 11.3 Å². The average molecular weight is 326 g/mol. The zero-order chi connectivity index (χ0) is 15.1. The van der Waals surface area contributed by atoms with E-state index in [0.29, 0.717) is 0 Å². The summed E-state index contributed by atoms with van der Waals surface area (Å²) in [6.45, 7) is 0. The van der Waals surface area contributed by atoms with Gasteiger partial charge in [-0.05, 0) is 18.2 Å². The lowest BCUT2D eigenvalue weighted by Crippen LogP contribution is -2.11. The van der Waals surface area contributed by atoms with Crippen molar-refractivity contribution < 1.29 is 27.6 Å². The van der Waals surface area contributed by atoms with E-state index in [1.807, 2.05) is 0 Å². The first-order valence-electron chi connectivity index (χ1n) is 4.97. The lowest BCUT2D eigenvalue weighted by molar-refractivity contribution is -0.156. The van der Waals surface area contributed by atoms with E-state index in [2.05, 4.69) is 9.68 Å². The molecule has 0 aliphatic heterocycles. The Hall–Kier alpha value is -1.73. The summed E-state index contributed by atoms with van der Waals surface area (Å²) in [7, 11) is 0. The second-order valence-electron chi connectivity index (χ2n) is 3.66. The van der Waals surface area contributed by atoms with Crippen molar-refractivity contribution in [3.8, 4) is 11.3 Å². The molecule has 0 atom stereocenters. The standard InChI is InChI=1S/C11H4Cl2F3NO3/c12-4-1-2-5(6(13)3-4)8-7(10(18)19)9(20-17-8)11(14,15)16/h1-3H,(H,18,19). The molecule has 1 aromatic heterocycles. The number of hydrogen-bond donors (Lipinski definition) is 1. The maximum Gasteiger partial charge on any atom is 0.453 e. The normalized spacial score (nSPS) is 11.7. The molecule has 1 aromatic carbocycles. The summed E-state index contributed by atoms with van der Waals surface area (Å²) in [4.78, 5) is 11.0. The molecule has 0 spiro atoms. The first-order valence-corrected chi connectivity index (χ1v) is 5.73. The van der Waals surface area contributed by atoms with Gasteiger partial charge in [0.15, 0.2) is 0 Å². The highest BCUT2D eigenvalue weighted by atomic mass is 35.5. The van der Waals surface area contributed by atoms with Crippen LogP contribution in [0.1, 0.15) is 16.1 Å². The monoisotopic (exact) mass is 325 g/mol. The van der Waals surface area contributed by atoms with E-state index in [-0.39, 0.29) is 15.6 Å². The lowest BCUT2D eigenvalue weighted by atomic mass is 10.1. The molecule has 106 valence electrons. The number of carboxylic acids is 1. The molecule has 4 nitrogen and oxygen atoms in total. The first kappa shape index (κ1) is 14.7. The van der Waals surface area contributed by atoms with Crippen LogP contribution in [-0.2, 0) is 6.18 Å². The van der Waals surface area contributed by atoms with Crippen molar-refractivity contribution in [1.29, 1.82) is 0 Å². The van der Waals surface area contributed by atoms with Gasteiger partial charge in [-0.25, -0.2) is 4.79 Å². The minimum absolute atomic E-state index is 0.0206. The second kappa shape index (κ2) is 4.99. The largest absolute Gasteiger partial charge is 0.477 e. The number of halogens is 5. The number of aromatic nitrogens is 1. The van der Waals surface area contributed by atoms with Crippen LogP contribution in [0.4, 0.5) is 13.2 Å². The Morgan fingerprint density at radius 3 is 2.45 bits per heavy atom. The van der Waals surface area contributed by atoms with Crippen LogP contribution in [0.2, 0.25) is 10.0 Å². The summed E-state index contributed by atoms with van der Waals surface area (Å²) in [6.07, 6.45) is -4.97. The SMILES string of the molecule is O=C(O)c1c(-c2ccc(Cl)cc2Cl)noc1C(F)(F)F. The first-order chi connectivity index (χ1) is 9.21. The van der Waals surface area contributed by atoms with Crippen molar-refractivity contribution in [3.63, 3.8) is 0 Å². The summed E-state index contributed by atoms with van der Waals surface area (Å²) in [6, 6.07) is 3.86. The lowest BCUT2D eigenvalue weighted by Gasteiger charge is -2.04. The molecule has 9 heteroatoms. The molecular weight excluding hydrogens is 322 g/mol. The van der Waals surface area contributed by atoms with Gasteiger partial charge < -0.3 is 9.63 Å². The van der Waals surface area contributed by atoms with E-state index >= 15 is 0 Å². The number of nitrogens with zero attached hydrogens (tertiary/aromatic N) is 1. The third-order valence-electron chi connectivity index (χ3n) is 2.35.